The van der Waals surface area contributed by atoms with Gasteiger partial charge in [0.2, 0.25) is 5.91 Å². The maximum Gasteiger partial charge on any atom is 0.258 e. The van der Waals surface area contributed by atoms with Gasteiger partial charge in [-0.25, -0.2) is 4.98 Å². The fourth-order valence-electron chi connectivity index (χ4n) is 5.09. The van der Waals surface area contributed by atoms with Crippen molar-refractivity contribution in [2.45, 2.75) is 57.4 Å². The van der Waals surface area contributed by atoms with Crippen LogP contribution in [0.5, 0.6) is 0 Å². The standard InChI is InChI=1S/C23H32N4O2/c1-26(16-17-8-7-15-27-14-5-4-11-20(17)27)22(28)13-6-12-21-24-19-10-3-2-9-18(19)23(29)25-21/h2-3,9-10,17,20H,4-8,11-16H2,1H3,(H,24,25,29)/t17-,20+/m0/s1. The number of fused-ring (bicyclic) bond motifs is 2. The van der Waals surface area contributed by atoms with Crippen LogP contribution in [0.25, 0.3) is 10.9 Å². The summed E-state index contributed by atoms with van der Waals surface area (Å²) in [4.78, 5) is 36.8. The van der Waals surface area contributed by atoms with Gasteiger partial charge in [0.05, 0.1) is 10.9 Å². The van der Waals surface area contributed by atoms with E-state index in [0.29, 0.717) is 47.9 Å². The molecule has 0 radical (unpaired) electrons. The van der Waals surface area contributed by atoms with Crippen molar-refractivity contribution in [2.75, 3.05) is 26.7 Å². The van der Waals surface area contributed by atoms with E-state index in [1.54, 1.807) is 6.07 Å². The summed E-state index contributed by atoms with van der Waals surface area (Å²) in [7, 11) is 1.94. The van der Waals surface area contributed by atoms with Crippen molar-refractivity contribution in [1.82, 2.24) is 19.8 Å². The van der Waals surface area contributed by atoms with Gasteiger partial charge in [-0.15, -0.1) is 0 Å². The van der Waals surface area contributed by atoms with Crippen LogP contribution in [0.1, 0.15) is 50.8 Å². The van der Waals surface area contributed by atoms with E-state index in [4.69, 9.17) is 0 Å². The van der Waals surface area contributed by atoms with Gasteiger partial charge >= 0.3 is 0 Å². The number of hydrogen-bond acceptors (Lipinski definition) is 4. The highest BCUT2D eigenvalue weighted by molar-refractivity contribution is 5.77. The summed E-state index contributed by atoms with van der Waals surface area (Å²) in [6.07, 6.45) is 8.23. The van der Waals surface area contributed by atoms with Gasteiger partial charge in [-0.2, -0.15) is 0 Å². The van der Waals surface area contributed by atoms with E-state index in [-0.39, 0.29) is 11.5 Å². The van der Waals surface area contributed by atoms with Gasteiger partial charge in [0.15, 0.2) is 0 Å². The molecule has 2 fully saturated rings. The number of piperidine rings is 2. The minimum atomic E-state index is -0.108. The summed E-state index contributed by atoms with van der Waals surface area (Å²) < 4.78 is 0. The van der Waals surface area contributed by atoms with Crippen LogP contribution >= 0.6 is 0 Å². The van der Waals surface area contributed by atoms with Gasteiger partial charge in [-0.3, -0.25) is 9.59 Å². The van der Waals surface area contributed by atoms with E-state index in [2.05, 4.69) is 14.9 Å². The predicted molar refractivity (Wildman–Crippen MR) is 115 cm³/mol. The molecule has 0 unspecified atom stereocenters. The summed E-state index contributed by atoms with van der Waals surface area (Å²) in [5.41, 5.74) is 0.604. The van der Waals surface area contributed by atoms with Crippen LogP contribution in [-0.2, 0) is 11.2 Å². The summed E-state index contributed by atoms with van der Waals surface area (Å²) in [5, 5.41) is 0.608. The summed E-state index contributed by atoms with van der Waals surface area (Å²) in [5.74, 6) is 1.46. The monoisotopic (exact) mass is 396 g/mol. The predicted octanol–water partition coefficient (Wildman–Crippen LogP) is 2.97. The van der Waals surface area contributed by atoms with Gasteiger partial charge in [0.1, 0.15) is 5.82 Å². The molecule has 6 nitrogen and oxygen atoms in total. The van der Waals surface area contributed by atoms with Gasteiger partial charge in [-0.05, 0) is 63.2 Å². The zero-order valence-electron chi connectivity index (χ0n) is 17.4. The molecule has 6 heteroatoms. The molecule has 156 valence electrons. The Kier molecular flexibility index (Phi) is 6.28. The van der Waals surface area contributed by atoms with Crippen LogP contribution in [0.2, 0.25) is 0 Å². The molecule has 0 saturated carbocycles. The van der Waals surface area contributed by atoms with Gasteiger partial charge in [0.25, 0.3) is 5.56 Å². The van der Waals surface area contributed by atoms with Crippen LogP contribution in [0.4, 0.5) is 0 Å². The number of nitrogens with zero attached hydrogens (tertiary/aromatic N) is 3. The van der Waals surface area contributed by atoms with Crippen LogP contribution < -0.4 is 5.56 Å². The fourth-order valence-corrected chi connectivity index (χ4v) is 5.09. The summed E-state index contributed by atoms with van der Waals surface area (Å²) in [6.45, 7) is 3.33. The molecule has 4 rings (SSSR count). The van der Waals surface area contributed by atoms with E-state index in [1.807, 2.05) is 30.1 Å². The zero-order chi connectivity index (χ0) is 20.2. The number of rotatable bonds is 6. The molecule has 1 amide bonds. The van der Waals surface area contributed by atoms with Crippen molar-refractivity contribution >= 4 is 16.8 Å². The van der Waals surface area contributed by atoms with E-state index in [9.17, 15) is 9.59 Å². The minimum absolute atomic E-state index is 0.108. The van der Waals surface area contributed by atoms with Crippen LogP contribution in [0.3, 0.4) is 0 Å². The molecule has 2 aliphatic heterocycles. The highest BCUT2D eigenvalue weighted by atomic mass is 16.2. The van der Waals surface area contributed by atoms with E-state index in [0.717, 1.165) is 6.54 Å². The summed E-state index contributed by atoms with van der Waals surface area (Å²) in [6, 6.07) is 8.02. The van der Waals surface area contributed by atoms with E-state index in [1.165, 1.54) is 45.2 Å². The lowest BCUT2D eigenvalue weighted by Gasteiger charge is -2.45. The Hall–Kier alpha value is -2.21. The van der Waals surface area contributed by atoms with Crippen molar-refractivity contribution in [3.05, 3.63) is 40.4 Å². The third kappa shape index (κ3) is 4.69. The number of H-pyrrole nitrogens is 1. The lowest BCUT2D eigenvalue weighted by Crippen LogP contribution is -2.51. The molecule has 0 spiro atoms. The van der Waals surface area contributed by atoms with Gasteiger partial charge in [0, 0.05) is 32.5 Å². The normalized spacial score (nSPS) is 22.4. The maximum absolute atomic E-state index is 12.7. The molecule has 1 N–H and O–H groups in total. The largest absolute Gasteiger partial charge is 0.345 e. The molecule has 2 saturated heterocycles. The average molecular weight is 397 g/mol. The highest BCUT2D eigenvalue weighted by Gasteiger charge is 2.33. The van der Waals surface area contributed by atoms with Crippen molar-refractivity contribution < 1.29 is 4.79 Å². The third-order valence-electron chi connectivity index (χ3n) is 6.63. The number of carbonyl (C=O) groups excluding carboxylic acids is 1. The topological polar surface area (TPSA) is 69.3 Å². The molecule has 0 aliphatic carbocycles. The summed E-state index contributed by atoms with van der Waals surface area (Å²) >= 11 is 0. The molecular weight excluding hydrogens is 364 g/mol. The number of aromatic amines is 1. The molecule has 1 aromatic carbocycles. The molecule has 0 bridgehead atoms. The number of carbonyl (C=O) groups is 1. The van der Waals surface area contributed by atoms with Gasteiger partial charge in [-0.1, -0.05) is 18.6 Å². The van der Waals surface area contributed by atoms with Crippen LogP contribution in [0.15, 0.2) is 29.1 Å². The second-order valence-corrected chi connectivity index (χ2v) is 8.66. The minimum Gasteiger partial charge on any atom is -0.345 e. The average Bonchev–Trinajstić information content (AvgIpc) is 2.74. The number of nitrogens with one attached hydrogen (secondary N) is 1. The van der Waals surface area contributed by atoms with Crippen molar-refractivity contribution in [1.29, 1.82) is 0 Å². The first kappa shape index (κ1) is 20.1. The number of hydrogen-bond donors (Lipinski definition) is 1. The molecule has 1 aromatic heterocycles. The molecular formula is C23H32N4O2. The first-order valence-corrected chi connectivity index (χ1v) is 11.1. The number of aryl methyl sites for hydroxylation is 1. The van der Waals surface area contributed by atoms with E-state index < -0.39 is 0 Å². The lowest BCUT2D eigenvalue weighted by atomic mass is 9.83. The van der Waals surface area contributed by atoms with Crippen LogP contribution in [0, 0.1) is 5.92 Å². The Bertz CT molecular complexity index is 907. The molecule has 2 atom stereocenters. The van der Waals surface area contributed by atoms with Crippen LogP contribution in [-0.4, -0.2) is 58.4 Å². The third-order valence-corrected chi connectivity index (χ3v) is 6.63. The number of amides is 1. The maximum atomic E-state index is 12.7. The molecule has 2 aromatic rings. The fraction of sp³-hybridized carbons (Fsp3) is 0.609. The van der Waals surface area contributed by atoms with Crippen molar-refractivity contribution in [2.24, 2.45) is 5.92 Å². The number of para-hydroxylation sites is 1. The zero-order valence-corrected chi connectivity index (χ0v) is 17.4. The Balaban J connectivity index is 1.29. The Morgan fingerprint density at radius 1 is 1.21 bits per heavy atom. The first-order valence-electron chi connectivity index (χ1n) is 11.1. The Labute approximate surface area is 172 Å². The van der Waals surface area contributed by atoms with Crippen molar-refractivity contribution in [3.63, 3.8) is 0 Å². The smallest absolute Gasteiger partial charge is 0.258 e. The van der Waals surface area contributed by atoms with Gasteiger partial charge < -0.3 is 14.8 Å². The SMILES string of the molecule is CN(C[C@@H]1CCCN2CCCC[C@H]12)C(=O)CCCc1nc2ccccc2c(=O)[nH]1. The lowest BCUT2D eigenvalue weighted by molar-refractivity contribution is -0.131. The first-order chi connectivity index (χ1) is 14.1. The number of benzene rings is 1. The molecule has 29 heavy (non-hydrogen) atoms. The highest BCUT2D eigenvalue weighted by Crippen LogP contribution is 2.31. The van der Waals surface area contributed by atoms with Crippen molar-refractivity contribution in [3.8, 4) is 0 Å². The molecule has 2 aliphatic rings. The number of aromatic nitrogens is 2. The second kappa shape index (κ2) is 9.08. The molecule has 3 heterocycles. The Morgan fingerprint density at radius 2 is 2.03 bits per heavy atom. The van der Waals surface area contributed by atoms with E-state index >= 15 is 0 Å². The Morgan fingerprint density at radius 3 is 2.93 bits per heavy atom. The second-order valence-electron chi connectivity index (χ2n) is 8.66. The quantitative estimate of drug-likeness (QED) is 0.815.